The standard InChI is InChI=1S/C27H41N3O5/c1-16(2)20(14-23(28-27(32)33)25-15-22(17(3)4)26(31)35-25)12-19-8-9-21-18(5)29-30(24(21)13-19)10-7-11-34-6/h8-9,13,16-17,20,22-23,25,28H,7,10-12,14-15H2,1-6H3,(H,32,33)/t20-,22+,23+,25+/m1/s1. The van der Waals surface area contributed by atoms with Gasteiger partial charge in [-0.25, -0.2) is 4.79 Å². The Labute approximate surface area is 208 Å². The monoisotopic (exact) mass is 487 g/mol. The number of carboxylic acid groups (broad SMARTS) is 1. The Balaban J connectivity index is 1.80. The largest absolute Gasteiger partial charge is 0.465 e. The molecule has 1 aromatic heterocycles. The minimum Gasteiger partial charge on any atom is -0.465 e. The molecule has 0 aliphatic carbocycles. The summed E-state index contributed by atoms with van der Waals surface area (Å²) in [5.74, 6) is 0.315. The van der Waals surface area contributed by atoms with E-state index in [1.54, 1.807) is 7.11 Å². The summed E-state index contributed by atoms with van der Waals surface area (Å²) in [5.41, 5.74) is 3.32. The number of aryl methyl sites for hydroxylation is 2. The Morgan fingerprint density at radius 1 is 1.31 bits per heavy atom. The first-order valence-corrected chi connectivity index (χ1v) is 12.8. The van der Waals surface area contributed by atoms with Crippen LogP contribution in [0.15, 0.2) is 18.2 Å². The number of amides is 1. The number of nitrogens with zero attached hydrogens (tertiary/aromatic N) is 2. The molecule has 1 amide bonds. The van der Waals surface area contributed by atoms with E-state index in [1.165, 1.54) is 5.56 Å². The first kappa shape index (κ1) is 27.0. The van der Waals surface area contributed by atoms with Crippen LogP contribution in [0.3, 0.4) is 0 Å². The zero-order valence-electron chi connectivity index (χ0n) is 21.9. The molecule has 2 aromatic rings. The number of nitrogens with one attached hydrogen (secondary N) is 1. The van der Waals surface area contributed by atoms with Crippen molar-refractivity contribution in [2.45, 2.75) is 79.0 Å². The van der Waals surface area contributed by atoms with Crippen LogP contribution >= 0.6 is 0 Å². The van der Waals surface area contributed by atoms with E-state index in [0.29, 0.717) is 25.4 Å². The number of hydrogen-bond acceptors (Lipinski definition) is 5. The summed E-state index contributed by atoms with van der Waals surface area (Å²) in [7, 11) is 1.71. The van der Waals surface area contributed by atoms with Gasteiger partial charge in [0.1, 0.15) is 6.10 Å². The van der Waals surface area contributed by atoms with Crippen LogP contribution in [0.4, 0.5) is 4.79 Å². The van der Waals surface area contributed by atoms with Crippen molar-refractivity contribution in [2.75, 3.05) is 13.7 Å². The molecule has 0 bridgehead atoms. The fraction of sp³-hybridized carbons (Fsp3) is 0.667. The van der Waals surface area contributed by atoms with Crippen molar-refractivity contribution in [1.82, 2.24) is 15.1 Å². The van der Waals surface area contributed by atoms with Gasteiger partial charge in [0.05, 0.1) is 23.2 Å². The molecule has 194 valence electrons. The number of aromatic nitrogens is 2. The third-order valence-electron chi connectivity index (χ3n) is 7.34. The summed E-state index contributed by atoms with van der Waals surface area (Å²) < 4.78 is 12.9. The number of esters is 1. The van der Waals surface area contributed by atoms with Gasteiger partial charge in [-0.3, -0.25) is 9.48 Å². The second-order valence-electron chi connectivity index (χ2n) is 10.6. The van der Waals surface area contributed by atoms with Crippen LogP contribution < -0.4 is 5.32 Å². The minimum absolute atomic E-state index is 0.169. The molecule has 3 rings (SSSR count). The molecular weight excluding hydrogens is 446 g/mol. The summed E-state index contributed by atoms with van der Waals surface area (Å²) >= 11 is 0. The molecule has 1 fully saturated rings. The highest BCUT2D eigenvalue weighted by molar-refractivity contribution is 5.82. The molecule has 1 saturated heterocycles. The fourth-order valence-electron chi connectivity index (χ4n) is 5.15. The Morgan fingerprint density at radius 3 is 2.66 bits per heavy atom. The van der Waals surface area contributed by atoms with Gasteiger partial charge in [-0.2, -0.15) is 5.10 Å². The van der Waals surface area contributed by atoms with Crippen molar-refractivity contribution in [3.05, 3.63) is 29.5 Å². The summed E-state index contributed by atoms with van der Waals surface area (Å²) in [6, 6.07) is 6.06. The molecule has 0 saturated carbocycles. The maximum Gasteiger partial charge on any atom is 0.405 e. The van der Waals surface area contributed by atoms with Crippen LogP contribution in [0.5, 0.6) is 0 Å². The lowest BCUT2D eigenvalue weighted by atomic mass is 9.81. The molecule has 2 N–H and O–H groups in total. The summed E-state index contributed by atoms with van der Waals surface area (Å²) in [6.45, 7) is 11.9. The molecule has 35 heavy (non-hydrogen) atoms. The predicted octanol–water partition coefficient (Wildman–Crippen LogP) is 4.81. The summed E-state index contributed by atoms with van der Waals surface area (Å²) in [5, 5.41) is 18.0. The van der Waals surface area contributed by atoms with Gasteiger partial charge in [-0.05, 0) is 62.0 Å². The Kier molecular flexibility index (Phi) is 9.16. The van der Waals surface area contributed by atoms with Gasteiger partial charge in [0.2, 0.25) is 0 Å². The molecule has 2 heterocycles. The van der Waals surface area contributed by atoms with Crippen LogP contribution in [-0.4, -0.2) is 52.8 Å². The summed E-state index contributed by atoms with van der Waals surface area (Å²) in [6.07, 6.45) is 1.35. The topological polar surface area (TPSA) is 103 Å². The van der Waals surface area contributed by atoms with Crippen molar-refractivity contribution in [2.24, 2.45) is 23.7 Å². The second-order valence-corrected chi connectivity index (χ2v) is 10.6. The molecule has 8 heteroatoms. The maximum atomic E-state index is 12.4. The number of benzene rings is 1. The number of carbonyl (C=O) groups excluding carboxylic acids is 1. The molecule has 1 aromatic carbocycles. The third kappa shape index (κ3) is 6.75. The van der Waals surface area contributed by atoms with Crippen molar-refractivity contribution in [3.8, 4) is 0 Å². The molecule has 0 unspecified atom stereocenters. The normalized spacial score (nSPS) is 19.9. The zero-order chi connectivity index (χ0) is 25.7. The van der Waals surface area contributed by atoms with Gasteiger partial charge in [0.25, 0.3) is 0 Å². The SMILES string of the molecule is COCCCn1nc(C)c2ccc(C[C@H](C[C@H](NC(=O)O)[C@@H]3C[C@@H](C(C)C)C(=O)O3)C(C)C)cc21. The quantitative estimate of drug-likeness (QED) is 0.329. The molecule has 0 radical (unpaired) electrons. The van der Waals surface area contributed by atoms with Gasteiger partial charge >= 0.3 is 12.1 Å². The van der Waals surface area contributed by atoms with E-state index in [1.807, 2.05) is 20.8 Å². The van der Waals surface area contributed by atoms with E-state index in [-0.39, 0.29) is 23.7 Å². The van der Waals surface area contributed by atoms with Gasteiger partial charge in [0.15, 0.2) is 0 Å². The highest BCUT2D eigenvalue weighted by Gasteiger charge is 2.41. The van der Waals surface area contributed by atoms with Crippen LogP contribution in [0.25, 0.3) is 10.9 Å². The van der Waals surface area contributed by atoms with Gasteiger partial charge in [-0.15, -0.1) is 0 Å². The number of methoxy groups -OCH3 is 1. The third-order valence-corrected chi connectivity index (χ3v) is 7.34. The van der Waals surface area contributed by atoms with E-state index in [0.717, 1.165) is 36.0 Å². The highest BCUT2D eigenvalue weighted by atomic mass is 16.6. The van der Waals surface area contributed by atoms with E-state index in [9.17, 15) is 14.7 Å². The van der Waals surface area contributed by atoms with E-state index < -0.39 is 18.2 Å². The van der Waals surface area contributed by atoms with Gasteiger partial charge in [0, 0.05) is 25.6 Å². The van der Waals surface area contributed by atoms with Gasteiger partial charge in [-0.1, -0.05) is 39.8 Å². The first-order valence-electron chi connectivity index (χ1n) is 12.8. The van der Waals surface area contributed by atoms with Crippen LogP contribution in [0.2, 0.25) is 0 Å². The van der Waals surface area contributed by atoms with Gasteiger partial charge < -0.3 is 19.9 Å². The Hall–Kier alpha value is -2.61. The number of ether oxygens (including phenoxy) is 2. The Morgan fingerprint density at radius 2 is 2.06 bits per heavy atom. The lowest BCUT2D eigenvalue weighted by Crippen LogP contribution is -2.44. The maximum absolute atomic E-state index is 12.4. The average molecular weight is 488 g/mol. The lowest BCUT2D eigenvalue weighted by molar-refractivity contribution is -0.146. The second kappa shape index (κ2) is 11.9. The molecule has 8 nitrogen and oxygen atoms in total. The molecule has 0 spiro atoms. The first-order chi connectivity index (χ1) is 16.6. The fourth-order valence-corrected chi connectivity index (χ4v) is 5.15. The van der Waals surface area contributed by atoms with Crippen molar-refractivity contribution in [3.63, 3.8) is 0 Å². The van der Waals surface area contributed by atoms with E-state index in [4.69, 9.17) is 14.6 Å². The van der Waals surface area contributed by atoms with Crippen molar-refractivity contribution >= 4 is 23.0 Å². The number of carbonyl (C=O) groups is 2. The zero-order valence-corrected chi connectivity index (χ0v) is 21.9. The summed E-state index contributed by atoms with van der Waals surface area (Å²) in [4.78, 5) is 24.0. The highest BCUT2D eigenvalue weighted by Crippen LogP contribution is 2.33. The van der Waals surface area contributed by atoms with Crippen LogP contribution in [0.1, 0.15) is 58.2 Å². The molecule has 4 atom stereocenters. The molecular formula is C27H41N3O5. The van der Waals surface area contributed by atoms with Crippen molar-refractivity contribution < 1.29 is 24.2 Å². The number of hydrogen-bond donors (Lipinski definition) is 2. The van der Waals surface area contributed by atoms with Crippen molar-refractivity contribution in [1.29, 1.82) is 0 Å². The van der Waals surface area contributed by atoms with Crippen LogP contribution in [-0.2, 0) is 27.2 Å². The smallest absolute Gasteiger partial charge is 0.405 e. The number of fused-ring (bicyclic) bond motifs is 1. The number of rotatable bonds is 12. The lowest BCUT2D eigenvalue weighted by Gasteiger charge is -2.29. The average Bonchev–Trinajstić information content (AvgIpc) is 3.32. The molecule has 1 aliphatic rings. The number of cyclic esters (lactones) is 1. The predicted molar refractivity (Wildman–Crippen MR) is 135 cm³/mol. The van der Waals surface area contributed by atoms with E-state index >= 15 is 0 Å². The molecule has 1 aliphatic heterocycles. The van der Waals surface area contributed by atoms with Crippen LogP contribution in [0, 0.1) is 30.6 Å². The van der Waals surface area contributed by atoms with E-state index in [2.05, 4.69) is 42.0 Å². The minimum atomic E-state index is -1.08. The Bertz CT molecular complexity index is 1020.